The van der Waals surface area contributed by atoms with E-state index >= 15 is 0 Å². The van der Waals surface area contributed by atoms with Crippen LogP contribution in [0.1, 0.15) is 11.1 Å². The first kappa shape index (κ1) is 12.7. The van der Waals surface area contributed by atoms with E-state index < -0.39 is 0 Å². The van der Waals surface area contributed by atoms with Crippen molar-refractivity contribution in [1.29, 1.82) is 0 Å². The monoisotopic (exact) mass is 241 g/mol. The van der Waals surface area contributed by atoms with Gasteiger partial charge in [0.1, 0.15) is 11.6 Å². The van der Waals surface area contributed by atoms with E-state index in [-0.39, 0.29) is 5.82 Å². The highest BCUT2D eigenvalue weighted by atomic mass is 19.1. The van der Waals surface area contributed by atoms with Gasteiger partial charge in [-0.15, -0.1) is 0 Å². The second kappa shape index (κ2) is 5.72. The molecule has 0 aliphatic heterocycles. The molecule has 0 spiro atoms. The van der Waals surface area contributed by atoms with Crippen molar-refractivity contribution in [3.63, 3.8) is 0 Å². The fourth-order valence-electron chi connectivity index (χ4n) is 1.82. The first-order valence-corrected chi connectivity index (χ1v) is 5.91. The molecule has 0 N–H and O–H groups in total. The zero-order valence-corrected chi connectivity index (χ0v) is 10.6. The smallest absolute Gasteiger partial charge is 0.156 e. The molecule has 0 aromatic heterocycles. The van der Waals surface area contributed by atoms with E-state index in [1.165, 1.54) is 11.6 Å². The van der Waals surface area contributed by atoms with Gasteiger partial charge in [-0.3, -0.25) is 0 Å². The maximum absolute atomic E-state index is 13.1. The predicted molar refractivity (Wildman–Crippen MR) is 73.2 cm³/mol. The largest absolute Gasteiger partial charge is 0.497 e. The first-order valence-electron chi connectivity index (χ1n) is 5.91. The zero-order valence-electron chi connectivity index (χ0n) is 10.6. The van der Waals surface area contributed by atoms with E-state index in [2.05, 4.69) is 0 Å². The molecule has 18 heavy (non-hydrogen) atoms. The third-order valence-corrected chi connectivity index (χ3v) is 2.96. The molecule has 0 atom stereocenters. The number of halogens is 1. The molecule has 0 heterocycles. The first-order chi connectivity index (χ1) is 8.69. The van der Waals surface area contributed by atoms with Gasteiger partial charge in [-0.25, -0.2) is 4.39 Å². The highest BCUT2D eigenvalue weighted by Crippen LogP contribution is 2.11. The number of benzene rings is 2. The Balaban J connectivity index is 2.04. The normalized spacial score (nSPS) is 10.2. The Morgan fingerprint density at radius 3 is 2.50 bits per heavy atom. The summed E-state index contributed by atoms with van der Waals surface area (Å²) in [4.78, 5) is 0. The van der Waals surface area contributed by atoms with Gasteiger partial charge in [-0.1, -0.05) is 34.8 Å². The van der Waals surface area contributed by atoms with Gasteiger partial charge in [0.15, 0.2) is 7.28 Å². The average Bonchev–Trinajstić information content (AvgIpc) is 2.40. The molecule has 1 nitrogen and oxygen atoms in total. The second-order valence-electron chi connectivity index (χ2n) is 4.26. The zero-order chi connectivity index (χ0) is 13.0. The van der Waals surface area contributed by atoms with Crippen LogP contribution in [0.3, 0.4) is 0 Å². The lowest BCUT2D eigenvalue weighted by Crippen LogP contribution is -2.20. The average molecular weight is 241 g/mol. The summed E-state index contributed by atoms with van der Waals surface area (Å²) < 4.78 is 18.2. The minimum absolute atomic E-state index is 0.193. The summed E-state index contributed by atoms with van der Waals surface area (Å²) in [5, 5.41) is 0. The van der Waals surface area contributed by atoms with Crippen molar-refractivity contribution in [2.75, 3.05) is 7.11 Å². The number of ether oxygens (including phenoxy) is 1. The quantitative estimate of drug-likeness (QED) is 0.748. The van der Waals surface area contributed by atoms with Gasteiger partial charge in [-0.05, 0) is 37.5 Å². The minimum atomic E-state index is -0.193. The van der Waals surface area contributed by atoms with Gasteiger partial charge in [0.2, 0.25) is 0 Å². The molecule has 0 saturated carbocycles. The number of hydrogen-bond donors (Lipinski definition) is 0. The predicted octanol–water partition coefficient (Wildman–Crippen LogP) is 2.67. The Kier molecular flexibility index (Phi) is 4.03. The maximum atomic E-state index is 13.1. The molecular formula is C15H15BFO. The summed E-state index contributed by atoms with van der Waals surface area (Å²) >= 11 is 0. The number of hydrogen-bond acceptors (Lipinski definition) is 1. The topological polar surface area (TPSA) is 9.23 Å². The van der Waals surface area contributed by atoms with Gasteiger partial charge < -0.3 is 4.74 Å². The Bertz CT molecular complexity index is 523. The SMILES string of the molecule is COc1ccc(C[B]c2cc(F)ccc2C)cc1. The lowest BCUT2D eigenvalue weighted by atomic mass is 9.64. The highest BCUT2D eigenvalue weighted by molar-refractivity contribution is 6.53. The third kappa shape index (κ3) is 3.13. The molecule has 0 aliphatic rings. The van der Waals surface area contributed by atoms with Crippen LogP contribution >= 0.6 is 0 Å². The standard InChI is InChI=1S/C15H15BFO/c1-11-3-6-13(17)9-15(11)16-10-12-4-7-14(18-2)8-5-12/h3-9H,10H2,1-2H3. The van der Waals surface area contributed by atoms with Gasteiger partial charge >= 0.3 is 0 Å². The molecule has 3 heteroatoms. The molecular weight excluding hydrogens is 226 g/mol. The van der Waals surface area contributed by atoms with Crippen LogP contribution in [0.25, 0.3) is 0 Å². The van der Waals surface area contributed by atoms with Crippen LogP contribution in [0.15, 0.2) is 42.5 Å². The molecule has 0 saturated heterocycles. The third-order valence-electron chi connectivity index (χ3n) is 2.96. The van der Waals surface area contributed by atoms with E-state index in [1.54, 1.807) is 19.2 Å². The molecule has 0 fully saturated rings. The van der Waals surface area contributed by atoms with Crippen molar-refractivity contribution in [2.24, 2.45) is 0 Å². The second-order valence-corrected chi connectivity index (χ2v) is 4.26. The molecule has 0 bridgehead atoms. The lowest BCUT2D eigenvalue weighted by Gasteiger charge is -2.06. The summed E-state index contributed by atoms with van der Waals surface area (Å²) in [6.45, 7) is 1.99. The Morgan fingerprint density at radius 2 is 1.83 bits per heavy atom. The Hall–Kier alpha value is -1.77. The summed E-state index contributed by atoms with van der Waals surface area (Å²) in [6, 6.07) is 12.8. The van der Waals surface area contributed by atoms with Crippen LogP contribution < -0.4 is 10.2 Å². The molecule has 0 aliphatic carbocycles. The van der Waals surface area contributed by atoms with Crippen LogP contribution in [0.2, 0.25) is 0 Å². The molecule has 1 radical (unpaired) electrons. The fraction of sp³-hybridized carbons (Fsp3) is 0.200. The van der Waals surface area contributed by atoms with E-state index in [1.807, 2.05) is 38.5 Å². The summed E-state index contributed by atoms with van der Waals surface area (Å²) in [5.41, 5.74) is 3.22. The van der Waals surface area contributed by atoms with Crippen LogP contribution in [-0.2, 0) is 6.32 Å². The van der Waals surface area contributed by atoms with Crippen molar-refractivity contribution >= 4 is 12.7 Å². The van der Waals surface area contributed by atoms with Crippen molar-refractivity contribution in [1.82, 2.24) is 0 Å². The number of aryl methyl sites for hydroxylation is 1. The molecule has 91 valence electrons. The maximum Gasteiger partial charge on any atom is 0.156 e. The Labute approximate surface area is 108 Å². The van der Waals surface area contributed by atoms with Gasteiger partial charge in [0.05, 0.1) is 7.11 Å². The highest BCUT2D eigenvalue weighted by Gasteiger charge is 2.03. The van der Waals surface area contributed by atoms with Gasteiger partial charge in [-0.2, -0.15) is 0 Å². The van der Waals surface area contributed by atoms with E-state index in [0.717, 1.165) is 23.1 Å². The number of rotatable bonds is 4. The van der Waals surface area contributed by atoms with Gasteiger partial charge in [0.25, 0.3) is 0 Å². The lowest BCUT2D eigenvalue weighted by molar-refractivity contribution is 0.414. The molecule has 2 aromatic rings. The van der Waals surface area contributed by atoms with Crippen LogP contribution in [0, 0.1) is 12.7 Å². The molecule has 2 rings (SSSR count). The van der Waals surface area contributed by atoms with Crippen molar-refractivity contribution in [2.45, 2.75) is 13.2 Å². The van der Waals surface area contributed by atoms with Crippen LogP contribution in [0.5, 0.6) is 5.75 Å². The van der Waals surface area contributed by atoms with E-state index in [9.17, 15) is 4.39 Å². The molecule has 0 unspecified atom stereocenters. The van der Waals surface area contributed by atoms with Crippen molar-refractivity contribution in [3.05, 3.63) is 59.4 Å². The van der Waals surface area contributed by atoms with Crippen LogP contribution in [-0.4, -0.2) is 14.4 Å². The van der Waals surface area contributed by atoms with E-state index in [4.69, 9.17) is 4.74 Å². The molecule has 2 aromatic carbocycles. The van der Waals surface area contributed by atoms with E-state index in [0.29, 0.717) is 0 Å². The van der Waals surface area contributed by atoms with Crippen LogP contribution in [0.4, 0.5) is 4.39 Å². The number of methoxy groups -OCH3 is 1. The summed E-state index contributed by atoms with van der Waals surface area (Å²) in [6.07, 6.45) is 0.786. The van der Waals surface area contributed by atoms with Crippen molar-refractivity contribution < 1.29 is 9.13 Å². The van der Waals surface area contributed by atoms with Crippen molar-refractivity contribution in [3.8, 4) is 5.75 Å². The summed E-state index contributed by atoms with van der Waals surface area (Å²) in [5.74, 6) is 0.655. The summed E-state index contributed by atoms with van der Waals surface area (Å²) in [7, 11) is 3.69. The van der Waals surface area contributed by atoms with Gasteiger partial charge in [0, 0.05) is 0 Å². The fourth-order valence-corrected chi connectivity index (χ4v) is 1.82. The Morgan fingerprint density at radius 1 is 1.11 bits per heavy atom. The minimum Gasteiger partial charge on any atom is -0.497 e. The molecule has 0 amide bonds.